The van der Waals surface area contributed by atoms with Gasteiger partial charge in [0.05, 0.1) is 7.11 Å². The molecule has 116 valence electrons. The Balaban J connectivity index is 3.05. The van der Waals surface area contributed by atoms with Gasteiger partial charge in [-0.3, -0.25) is 0 Å². The van der Waals surface area contributed by atoms with Crippen LogP contribution >= 0.6 is 0 Å². The lowest BCUT2D eigenvalue weighted by molar-refractivity contribution is -0.131. The van der Waals surface area contributed by atoms with E-state index < -0.39 is 5.97 Å². The van der Waals surface area contributed by atoms with Crippen molar-refractivity contribution in [1.29, 1.82) is 0 Å². The highest BCUT2D eigenvalue weighted by Gasteiger charge is 2.11. The van der Waals surface area contributed by atoms with Crippen LogP contribution in [0.3, 0.4) is 0 Å². The van der Waals surface area contributed by atoms with E-state index in [1.807, 2.05) is 12.1 Å². The summed E-state index contributed by atoms with van der Waals surface area (Å²) in [6.45, 7) is 4.30. The summed E-state index contributed by atoms with van der Waals surface area (Å²) in [6, 6.07) is 3.88. The Bertz CT molecular complexity index is 489. The number of benzene rings is 1. The molecule has 0 amide bonds. The van der Waals surface area contributed by atoms with Crippen molar-refractivity contribution in [2.75, 3.05) is 7.11 Å². The van der Waals surface area contributed by atoms with Gasteiger partial charge in [-0.15, -0.1) is 0 Å². The van der Waals surface area contributed by atoms with E-state index in [4.69, 9.17) is 9.84 Å². The van der Waals surface area contributed by atoms with Crippen LogP contribution in [-0.4, -0.2) is 18.2 Å². The molecular formula is C18H26O3. The SMILES string of the molecule is CCCCCCc1c(OC)ccc(C=CC(=O)O)c1CC. The van der Waals surface area contributed by atoms with E-state index in [-0.39, 0.29) is 0 Å². The summed E-state index contributed by atoms with van der Waals surface area (Å²) in [5.74, 6) is -0.00631. The summed E-state index contributed by atoms with van der Waals surface area (Å²) >= 11 is 0. The second-order valence-corrected chi connectivity index (χ2v) is 5.15. The molecule has 0 spiro atoms. The molecule has 0 saturated carbocycles. The first-order valence-corrected chi connectivity index (χ1v) is 7.73. The predicted octanol–water partition coefficient (Wildman–Crippen LogP) is 4.48. The normalized spacial score (nSPS) is 11.0. The van der Waals surface area contributed by atoms with Crippen molar-refractivity contribution in [3.63, 3.8) is 0 Å². The summed E-state index contributed by atoms with van der Waals surface area (Å²) in [4.78, 5) is 10.7. The number of hydrogen-bond acceptors (Lipinski definition) is 2. The number of aliphatic carboxylic acids is 1. The molecule has 0 fully saturated rings. The van der Waals surface area contributed by atoms with Gasteiger partial charge in [0.1, 0.15) is 5.75 Å². The number of carboxylic acid groups (broad SMARTS) is 1. The van der Waals surface area contributed by atoms with Crippen molar-refractivity contribution in [2.45, 2.75) is 52.4 Å². The van der Waals surface area contributed by atoms with Gasteiger partial charge in [0.15, 0.2) is 0 Å². The van der Waals surface area contributed by atoms with E-state index in [1.165, 1.54) is 36.5 Å². The molecule has 1 aromatic carbocycles. The first-order chi connectivity index (χ1) is 10.1. The summed E-state index contributed by atoms with van der Waals surface area (Å²) < 4.78 is 5.49. The van der Waals surface area contributed by atoms with Gasteiger partial charge in [-0.2, -0.15) is 0 Å². The second kappa shape index (κ2) is 9.22. The summed E-state index contributed by atoms with van der Waals surface area (Å²) in [7, 11) is 1.69. The Morgan fingerprint density at radius 2 is 1.95 bits per heavy atom. The quantitative estimate of drug-likeness (QED) is 0.539. The molecule has 1 aromatic rings. The maximum absolute atomic E-state index is 10.7. The van der Waals surface area contributed by atoms with Crippen molar-refractivity contribution < 1.29 is 14.6 Å². The van der Waals surface area contributed by atoms with Crippen LogP contribution in [0.4, 0.5) is 0 Å². The number of carboxylic acids is 1. The molecule has 3 heteroatoms. The third-order valence-electron chi connectivity index (χ3n) is 3.68. The third kappa shape index (κ3) is 5.25. The third-order valence-corrected chi connectivity index (χ3v) is 3.68. The van der Waals surface area contributed by atoms with E-state index in [0.29, 0.717) is 0 Å². The Kier molecular flexibility index (Phi) is 7.59. The first-order valence-electron chi connectivity index (χ1n) is 7.73. The highest BCUT2D eigenvalue weighted by Crippen LogP contribution is 2.29. The van der Waals surface area contributed by atoms with Gasteiger partial charge in [-0.05, 0) is 48.1 Å². The van der Waals surface area contributed by atoms with Crippen LogP contribution in [0.5, 0.6) is 5.75 Å². The number of carbonyl (C=O) groups is 1. The molecule has 0 atom stereocenters. The van der Waals surface area contributed by atoms with Crippen LogP contribution in [0.1, 0.15) is 56.2 Å². The zero-order chi connectivity index (χ0) is 15.7. The molecule has 0 aliphatic heterocycles. The van der Waals surface area contributed by atoms with Gasteiger partial charge < -0.3 is 9.84 Å². The molecule has 0 aliphatic carbocycles. The van der Waals surface area contributed by atoms with Crippen LogP contribution in [0.2, 0.25) is 0 Å². The maximum Gasteiger partial charge on any atom is 0.328 e. The average molecular weight is 290 g/mol. The van der Waals surface area contributed by atoms with E-state index in [0.717, 1.165) is 30.6 Å². The van der Waals surface area contributed by atoms with Crippen LogP contribution in [0, 0.1) is 0 Å². The van der Waals surface area contributed by atoms with Crippen molar-refractivity contribution in [3.8, 4) is 5.75 Å². The molecule has 21 heavy (non-hydrogen) atoms. The van der Waals surface area contributed by atoms with Gasteiger partial charge in [0.2, 0.25) is 0 Å². The maximum atomic E-state index is 10.7. The zero-order valence-corrected chi connectivity index (χ0v) is 13.3. The smallest absolute Gasteiger partial charge is 0.328 e. The largest absolute Gasteiger partial charge is 0.496 e. The molecule has 1 N–H and O–H groups in total. The van der Waals surface area contributed by atoms with E-state index in [1.54, 1.807) is 13.2 Å². The average Bonchev–Trinajstić information content (AvgIpc) is 2.48. The molecule has 0 unspecified atom stereocenters. The van der Waals surface area contributed by atoms with Crippen molar-refractivity contribution >= 4 is 12.0 Å². The molecule has 0 heterocycles. The Morgan fingerprint density at radius 3 is 2.52 bits per heavy atom. The van der Waals surface area contributed by atoms with Crippen LogP contribution in [-0.2, 0) is 17.6 Å². The van der Waals surface area contributed by atoms with E-state index in [2.05, 4.69) is 13.8 Å². The van der Waals surface area contributed by atoms with Crippen molar-refractivity contribution in [1.82, 2.24) is 0 Å². The van der Waals surface area contributed by atoms with E-state index >= 15 is 0 Å². The Morgan fingerprint density at radius 1 is 1.19 bits per heavy atom. The van der Waals surface area contributed by atoms with Crippen LogP contribution in [0.25, 0.3) is 6.08 Å². The molecule has 0 saturated heterocycles. The van der Waals surface area contributed by atoms with Gasteiger partial charge in [-0.25, -0.2) is 4.79 Å². The van der Waals surface area contributed by atoms with Crippen molar-refractivity contribution in [2.24, 2.45) is 0 Å². The fourth-order valence-corrected chi connectivity index (χ4v) is 2.62. The Hall–Kier alpha value is -1.77. The lowest BCUT2D eigenvalue weighted by Crippen LogP contribution is -2.01. The number of methoxy groups -OCH3 is 1. The predicted molar refractivity (Wildman–Crippen MR) is 86.9 cm³/mol. The van der Waals surface area contributed by atoms with E-state index in [9.17, 15) is 4.79 Å². The number of hydrogen-bond donors (Lipinski definition) is 1. The topological polar surface area (TPSA) is 46.5 Å². The summed E-state index contributed by atoms with van der Waals surface area (Å²) in [6.07, 6.45) is 9.57. The highest BCUT2D eigenvalue weighted by molar-refractivity contribution is 5.85. The lowest BCUT2D eigenvalue weighted by atomic mass is 9.93. The van der Waals surface area contributed by atoms with Gasteiger partial charge in [0.25, 0.3) is 0 Å². The summed E-state index contributed by atoms with van der Waals surface area (Å²) in [5, 5.41) is 8.80. The van der Waals surface area contributed by atoms with Gasteiger partial charge in [0, 0.05) is 6.08 Å². The Labute approximate surface area is 127 Å². The minimum absolute atomic E-state index is 0.875. The molecule has 0 aliphatic rings. The highest BCUT2D eigenvalue weighted by atomic mass is 16.5. The van der Waals surface area contributed by atoms with Gasteiger partial charge >= 0.3 is 5.97 Å². The zero-order valence-electron chi connectivity index (χ0n) is 13.3. The monoisotopic (exact) mass is 290 g/mol. The fraction of sp³-hybridized carbons (Fsp3) is 0.500. The van der Waals surface area contributed by atoms with Crippen molar-refractivity contribution in [3.05, 3.63) is 34.9 Å². The summed E-state index contributed by atoms with van der Waals surface area (Å²) in [5.41, 5.74) is 3.40. The van der Waals surface area contributed by atoms with Crippen LogP contribution < -0.4 is 4.74 Å². The fourth-order valence-electron chi connectivity index (χ4n) is 2.62. The molecule has 1 rings (SSSR count). The minimum Gasteiger partial charge on any atom is -0.496 e. The second-order valence-electron chi connectivity index (χ2n) is 5.15. The lowest BCUT2D eigenvalue weighted by Gasteiger charge is -2.16. The number of rotatable bonds is 9. The standard InChI is InChI=1S/C18H26O3/c1-4-6-7-8-9-16-15(5-2)14(11-13-18(19)20)10-12-17(16)21-3/h10-13H,4-9H2,1-3H3,(H,19,20). The molecule has 0 aromatic heterocycles. The molecule has 0 bridgehead atoms. The molecule has 3 nitrogen and oxygen atoms in total. The van der Waals surface area contributed by atoms with Gasteiger partial charge in [-0.1, -0.05) is 39.2 Å². The first kappa shape index (κ1) is 17.3. The molecular weight excluding hydrogens is 264 g/mol. The number of ether oxygens (including phenoxy) is 1. The number of unbranched alkanes of at least 4 members (excludes halogenated alkanes) is 3. The van der Waals surface area contributed by atoms with Crippen LogP contribution in [0.15, 0.2) is 18.2 Å². The molecule has 0 radical (unpaired) electrons. The minimum atomic E-state index is -0.919.